The lowest BCUT2D eigenvalue weighted by Gasteiger charge is -2.30. The first-order valence-corrected chi connectivity index (χ1v) is 5.40. The van der Waals surface area contributed by atoms with Crippen molar-refractivity contribution in [1.82, 2.24) is 0 Å². The molecule has 1 rings (SSSR count). The van der Waals surface area contributed by atoms with Gasteiger partial charge in [0.1, 0.15) is 6.29 Å². The highest BCUT2D eigenvalue weighted by atomic mass is 16.6. The third-order valence-electron chi connectivity index (χ3n) is 3.38. The van der Waals surface area contributed by atoms with Gasteiger partial charge in [-0.15, -0.1) is 0 Å². The number of rotatable bonds is 5. The lowest BCUT2D eigenvalue weighted by atomic mass is 9.86. The number of esters is 1. The van der Waals surface area contributed by atoms with Crippen LogP contribution in [0.4, 0.5) is 0 Å². The Morgan fingerprint density at radius 2 is 1.94 bits per heavy atom. The van der Waals surface area contributed by atoms with Gasteiger partial charge in [-0.1, -0.05) is 13.8 Å². The lowest BCUT2D eigenvalue weighted by Crippen LogP contribution is -2.45. The molecule has 0 saturated heterocycles. The van der Waals surface area contributed by atoms with Crippen molar-refractivity contribution in [1.29, 1.82) is 0 Å². The maximum Gasteiger partial charge on any atom is 0.303 e. The average molecular weight is 226 g/mol. The molecule has 1 aliphatic carbocycles. The third kappa shape index (κ3) is 2.15. The molecule has 2 unspecified atom stereocenters. The minimum atomic E-state index is -1.24. The molecule has 0 radical (unpaired) electrons. The normalized spacial score (nSPS) is 25.4. The van der Waals surface area contributed by atoms with Crippen LogP contribution in [-0.4, -0.2) is 23.6 Å². The third-order valence-corrected chi connectivity index (χ3v) is 3.38. The van der Waals surface area contributed by atoms with Crippen molar-refractivity contribution in [3.8, 4) is 0 Å². The molecule has 4 nitrogen and oxygen atoms in total. The average Bonchev–Trinajstić information content (AvgIpc) is 2.73. The zero-order valence-electron chi connectivity index (χ0n) is 10.2. The summed E-state index contributed by atoms with van der Waals surface area (Å²) >= 11 is 0. The van der Waals surface area contributed by atoms with Crippen LogP contribution in [0.3, 0.4) is 0 Å². The van der Waals surface area contributed by atoms with Crippen LogP contribution in [-0.2, 0) is 19.1 Å². The van der Waals surface area contributed by atoms with Gasteiger partial charge in [-0.25, -0.2) is 0 Å². The SMILES string of the molecule is CC(=O)OC(CC=O)(C(C)=O)C1CC1(C)C. The Balaban J connectivity index is 3.02. The highest BCUT2D eigenvalue weighted by Gasteiger charge is 2.62. The Morgan fingerprint density at radius 1 is 1.44 bits per heavy atom. The molecule has 0 bridgehead atoms. The summed E-state index contributed by atoms with van der Waals surface area (Å²) in [4.78, 5) is 33.5. The fourth-order valence-corrected chi connectivity index (χ4v) is 2.36. The molecule has 4 heteroatoms. The first kappa shape index (κ1) is 12.9. The molecule has 0 aromatic heterocycles. The fraction of sp³-hybridized carbons (Fsp3) is 0.750. The molecule has 0 amide bonds. The van der Waals surface area contributed by atoms with E-state index in [1.165, 1.54) is 13.8 Å². The Hall–Kier alpha value is -1.19. The minimum Gasteiger partial charge on any atom is -0.450 e. The summed E-state index contributed by atoms with van der Waals surface area (Å²) in [6, 6.07) is 0. The predicted octanol–water partition coefficient (Wildman–Crippen LogP) is 1.51. The summed E-state index contributed by atoms with van der Waals surface area (Å²) in [5.41, 5.74) is -1.28. The van der Waals surface area contributed by atoms with Gasteiger partial charge in [0.2, 0.25) is 0 Å². The van der Waals surface area contributed by atoms with Crippen LogP contribution in [0.15, 0.2) is 0 Å². The molecule has 1 saturated carbocycles. The van der Waals surface area contributed by atoms with Crippen molar-refractivity contribution >= 4 is 18.0 Å². The number of hydrogen-bond donors (Lipinski definition) is 0. The Morgan fingerprint density at radius 3 is 2.19 bits per heavy atom. The molecular formula is C12H18O4. The Kier molecular flexibility index (Phi) is 3.22. The van der Waals surface area contributed by atoms with Crippen molar-refractivity contribution in [2.24, 2.45) is 11.3 Å². The molecule has 0 heterocycles. The van der Waals surface area contributed by atoms with Crippen molar-refractivity contribution < 1.29 is 19.1 Å². The Labute approximate surface area is 95.3 Å². The predicted molar refractivity (Wildman–Crippen MR) is 57.7 cm³/mol. The quantitative estimate of drug-likeness (QED) is 0.526. The zero-order valence-corrected chi connectivity index (χ0v) is 10.2. The minimum absolute atomic E-state index is 0.0376. The summed E-state index contributed by atoms with van der Waals surface area (Å²) in [6.07, 6.45) is 1.41. The van der Waals surface area contributed by atoms with Crippen LogP contribution in [0.1, 0.15) is 40.5 Å². The number of carbonyl (C=O) groups is 3. The van der Waals surface area contributed by atoms with Crippen molar-refractivity contribution in [2.45, 2.75) is 46.1 Å². The van der Waals surface area contributed by atoms with Crippen molar-refractivity contribution in [3.05, 3.63) is 0 Å². The number of aldehydes is 1. The summed E-state index contributed by atoms with van der Waals surface area (Å²) in [5.74, 6) is -0.809. The number of ketones is 1. The summed E-state index contributed by atoms with van der Waals surface area (Å²) in [5, 5.41) is 0. The van der Waals surface area contributed by atoms with Crippen LogP contribution in [0.2, 0.25) is 0 Å². The molecule has 0 N–H and O–H groups in total. The molecule has 90 valence electrons. The second-order valence-electron chi connectivity index (χ2n) is 5.16. The van der Waals surface area contributed by atoms with Gasteiger partial charge in [0, 0.05) is 12.8 Å². The van der Waals surface area contributed by atoms with E-state index in [9.17, 15) is 14.4 Å². The standard InChI is InChI=1S/C12H18O4/c1-8(14)12(5-6-13,16-9(2)15)10-7-11(10,3)4/h6,10H,5,7H2,1-4H3. The van der Waals surface area contributed by atoms with Crippen LogP contribution < -0.4 is 0 Å². The molecule has 0 aromatic rings. The molecular weight excluding hydrogens is 208 g/mol. The molecule has 1 aliphatic rings. The van der Waals surface area contributed by atoms with Crippen LogP contribution >= 0.6 is 0 Å². The maximum atomic E-state index is 11.7. The zero-order chi connectivity index (χ0) is 12.6. The number of Topliss-reactive ketones (excluding diaryl/α,β-unsaturated/α-hetero) is 1. The number of hydrogen-bond acceptors (Lipinski definition) is 4. The van der Waals surface area contributed by atoms with E-state index < -0.39 is 11.6 Å². The smallest absolute Gasteiger partial charge is 0.303 e. The van der Waals surface area contributed by atoms with Gasteiger partial charge in [-0.2, -0.15) is 0 Å². The molecule has 0 spiro atoms. The molecule has 0 aromatic carbocycles. The van der Waals surface area contributed by atoms with E-state index in [1.807, 2.05) is 13.8 Å². The summed E-state index contributed by atoms with van der Waals surface area (Å²) in [7, 11) is 0. The van der Waals surface area contributed by atoms with E-state index in [0.29, 0.717) is 6.29 Å². The van der Waals surface area contributed by atoms with Crippen molar-refractivity contribution in [3.63, 3.8) is 0 Å². The number of ether oxygens (including phenoxy) is 1. The van der Waals surface area contributed by atoms with Crippen LogP contribution in [0.25, 0.3) is 0 Å². The van der Waals surface area contributed by atoms with E-state index in [-0.39, 0.29) is 23.5 Å². The Bertz CT molecular complexity index is 332. The van der Waals surface area contributed by atoms with E-state index in [1.54, 1.807) is 0 Å². The van der Waals surface area contributed by atoms with Gasteiger partial charge in [0.05, 0.1) is 6.42 Å². The van der Waals surface area contributed by atoms with Gasteiger partial charge >= 0.3 is 5.97 Å². The van der Waals surface area contributed by atoms with E-state index in [0.717, 1.165) is 6.42 Å². The second kappa shape index (κ2) is 4.00. The molecule has 16 heavy (non-hydrogen) atoms. The topological polar surface area (TPSA) is 60.4 Å². The molecule has 0 aliphatic heterocycles. The molecule has 1 fully saturated rings. The lowest BCUT2D eigenvalue weighted by molar-refractivity contribution is -0.169. The molecule has 2 atom stereocenters. The first-order valence-electron chi connectivity index (χ1n) is 5.40. The second-order valence-corrected chi connectivity index (χ2v) is 5.16. The van der Waals surface area contributed by atoms with Gasteiger partial charge in [-0.3, -0.25) is 9.59 Å². The van der Waals surface area contributed by atoms with Crippen LogP contribution in [0, 0.1) is 11.3 Å². The summed E-state index contributed by atoms with van der Waals surface area (Å²) < 4.78 is 5.18. The first-order chi connectivity index (χ1) is 7.26. The van der Waals surface area contributed by atoms with Crippen molar-refractivity contribution in [2.75, 3.05) is 0 Å². The van der Waals surface area contributed by atoms with Gasteiger partial charge < -0.3 is 9.53 Å². The highest BCUT2D eigenvalue weighted by Crippen LogP contribution is 2.59. The van der Waals surface area contributed by atoms with E-state index in [4.69, 9.17) is 4.74 Å². The number of carbonyl (C=O) groups excluding carboxylic acids is 3. The maximum absolute atomic E-state index is 11.7. The largest absolute Gasteiger partial charge is 0.450 e. The van der Waals surface area contributed by atoms with Gasteiger partial charge in [0.15, 0.2) is 11.4 Å². The monoisotopic (exact) mass is 226 g/mol. The van der Waals surface area contributed by atoms with Crippen LogP contribution in [0.5, 0.6) is 0 Å². The van der Waals surface area contributed by atoms with Gasteiger partial charge in [-0.05, 0) is 18.8 Å². The van der Waals surface area contributed by atoms with E-state index >= 15 is 0 Å². The highest BCUT2D eigenvalue weighted by molar-refractivity contribution is 5.90. The van der Waals surface area contributed by atoms with E-state index in [2.05, 4.69) is 0 Å². The van der Waals surface area contributed by atoms with Gasteiger partial charge in [0.25, 0.3) is 0 Å². The fourth-order valence-electron chi connectivity index (χ4n) is 2.36. The summed E-state index contributed by atoms with van der Waals surface area (Å²) in [6.45, 7) is 6.64.